The maximum Gasteiger partial charge on any atom is 0.130 e. The molecule has 1 aliphatic carbocycles. The number of carbonyl (C=O) groups is 1. The maximum atomic E-state index is 10.9. The molecule has 1 atom stereocenters. The first-order valence-corrected chi connectivity index (χ1v) is 6.07. The lowest BCUT2D eigenvalue weighted by Gasteiger charge is -2.33. The van der Waals surface area contributed by atoms with E-state index in [1.807, 2.05) is 0 Å². The van der Waals surface area contributed by atoms with Crippen molar-refractivity contribution in [3.05, 3.63) is 11.6 Å². The third kappa shape index (κ3) is 4.19. The van der Waals surface area contributed by atoms with Gasteiger partial charge < -0.3 is 4.79 Å². The van der Waals surface area contributed by atoms with Gasteiger partial charge in [-0.15, -0.1) is 0 Å². The Kier molecular flexibility index (Phi) is 4.12. The number of carbonyl (C=O) groups excluding carboxylic acids is 1. The maximum absolute atomic E-state index is 10.9. The van der Waals surface area contributed by atoms with Crippen LogP contribution in [0.25, 0.3) is 0 Å². The van der Waals surface area contributed by atoms with Crippen LogP contribution in [-0.4, -0.2) is 5.78 Å². The Morgan fingerprint density at radius 2 is 2.13 bits per heavy atom. The van der Waals surface area contributed by atoms with Crippen LogP contribution in [0.4, 0.5) is 0 Å². The molecule has 0 bridgehead atoms. The van der Waals surface area contributed by atoms with Crippen molar-refractivity contribution in [2.75, 3.05) is 0 Å². The Balaban J connectivity index is 2.42. The van der Waals surface area contributed by atoms with Crippen molar-refractivity contribution in [2.24, 2.45) is 11.3 Å². The molecule has 0 amide bonds. The van der Waals surface area contributed by atoms with Crippen molar-refractivity contribution < 1.29 is 4.79 Å². The zero-order valence-electron chi connectivity index (χ0n) is 10.6. The van der Waals surface area contributed by atoms with Crippen LogP contribution in [0, 0.1) is 11.3 Å². The second kappa shape index (κ2) is 4.96. The van der Waals surface area contributed by atoms with Crippen molar-refractivity contribution in [2.45, 2.75) is 59.8 Å². The SMILES string of the molecule is CC(=O)CCC1=CC[C@@H](C(C)(C)C)CC1. The minimum atomic E-state index is 0.314. The first kappa shape index (κ1) is 12.5. The van der Waals surface area contributed by atoms with Gasteiger partial charge in [-0.25, -0.2) is 0 Å². The highest BCUT2D eigenvalue weighted by atomic mass is 16.1. The normalized spacial score (nSPS) is 22.4. The summed E-state index contributed by atoms with van der Waals surface area (Å²) in [7, 11) is 0. The zero-order valence-corrected chi connectivity index (χ0v) is 10.6. The van der Waals surface area contributed by atoms with E-state index in [1.54, 1.807) is 6.92 Å². The van der Waals surface area contributed by atoms with E-state index in [9.17, 15) is 4.79 Å². The van der Waals surface area contributed by atoms with E-state index >= 15 is 0 Å². The lowest BCUT2D eigenvalue weighted by molar-refractivity contribution is -0.116. The van der Waals surface area contributed by atoms with Crippen LogP contribution in [-0.2, 0) is 4.79 Å². The summed E-state index contributed by atoms with van der Waals surface area (Å²) < 4.78 is 0. The number of rotatable bonds is 3. The van der Waals surface area contributed by atoms with Crippen LogP contribution in [0.15, 0.2) is 11.6 Å². The molecular weight excluding hydrogens is 184 g/mol. The topological polar surface area (TPSA) is 17.1 Å². The highest BCUT2D eigenvalue weighted by Gasteiger charge is 2.25. The average Bonchev–Trinajstić information content (AvgIpc) is 2.14. The van der Waals surface area contributed by atoms with Gasteiger partial charge in [0.2, 0.25) is 0 Å². The molecule has 0 heterocycles. The van der Waals surface area contributed by atoms with Crippen LogP contribution in [0.2, 0.25) is 0 Å². The van der Waals surface area contributed by atoms with Gasteiger partial charge in [-0.1, -0.05) is 32.4 Å². The Morgan fingerprint density at radius 1 is 1.47 bits per heavy atom. The molecule has 0 aromatic carbocycles. The summed E-state index contributed by atoms with van der Waals surface area (Å²) in [4.78, 5) is 10.9. The van der Waals surface area contributed by atoms with Crippen LogP contribution < -0.4 is 0 Å². The van der Waals surface area contributed by atoms with Gasteiger partial charge in [0.25, 0.3) is 0 Å². The molecule has 1 heteroatoms. The molecular formula is C14H24O. The minimum Gasteiger partial charge on any atom is -0.300 e. The van der Waals surface area contributed by atoms with E-state index in [1.165, 1.54) is 24.8 Å². The molecule has 1 nitrogen and oxygen atoms in total. The molecule has 15 heavy (non-hydrogen) atoms. The third-order valence-corrected chi connectivity index (χ3v) is 3.53. The number of ketones is 1. The van der Waals surface area contributed by atoms with E-state index in [0.717, 1.165) is 18.8 Å². The molecule has 1 aliphatic rings. The second-order valence-corrected chi connectivity index (χ2v) is 5.90. The smallest absolute Gasteiger partial charge is 0.130 e. The molecule has 0 unspecified atom stereocenters. The first-order chi connectivity index (χ1) is 6.89. The van der Waals surface area contributed by atoms with E-state index in [0.29, 0.717) is 11.2 Å². The monoisotopic (exact) mass is 208 g/mol. The molecule has 86 valence electrons. The Hall–Kier alpha value is -0.590. The summed E-state index contributed by atoms with van der Waals surface area (Å²) in [6.07, 6.45) is 7.81. The van der Waals surface area contributed by atoms with E-state index in [2.05, 4.69) is 26.8 Å². The van der Waals surface area contributed by atoms with Crippen LogP contribution in [0.5, 0.6) is 0 Å². The molecule has 0 aliphatic heterocycles. The number of allylic oxidation sites excluding steroid dienone is 2. The van der Waals surface area contributed by atoms with Crippen molar-refractivity contribution >= 4 is 5.78 Å². The van der Waals surface area contributed by atoms with Crippen molar-refractivity contribution in [1.82, 2.24) is 0 Å². The largest absolute Gasteiger partial charge is 0.300 e. The van der Waals surface area contributed by atoms with E-state index in [4.69, 9.17) is 0 Å². The molecule has 0 aromatic rings. The summed E-state index contributed by atoms with van der Waals surface area (Å²) in [5.41, 5.74) is 1.94. The molecule has 0 spiro atoms. The molecule has 0 saturated heterocycles. The van der Waals surface area contributed by atoms with Crippen LogP contribution in [0.3, 0.4) is 0 Å². The molecule has 0 N–H and O–H groups in total. The van der Waals surface area contributed by atoms with Gasteiger partial charge in [0.1, 0.15) is 5.78 Å². The molecule has 0 radical (unpaired) electrons. The molecule has 0 saturated carbocycles. The predicted octanol–water partition coefficient (Wildman–Crippen LogP) is 4.13. The molecule has 0 fully saturated rings. The molecule has 1 rings (SSSR count). The van der Waals surface area contributed by atoms with Gasteiger partial charge in [0.15, 0.2) is 0 Å². The first-order valence-electron chi connectivity index (χ1n) is 6.07. The Labute approximate surface area is 93.9 Å². The van der Waals surface area contributed by atoms with Gasteiger partial charge in [-0.2, -0.15) is 0 Å². The highest BCUT2D eigenvalue weighted by Crippen LogP contribution is 2.37. The van der Waals surface area contributed by atoms with Crippen LogP contribution in [0.1, 0.15) is 59.8 Å². The highest BCUT2D eigenvalue weighted by molar-refractivity contribution is 5.75. The van der Waals surface area contributed by atoms with Crippen molar-refractivity contribution in [3.8, 4) is 0 Å². The standard InChI is InChI=1S/C14H24O/c1-11(15)5-6-12-7-9-13(10-8-12)14(2,3)4/h7,13H,5-6,8-10H2,1-4H3/t13-/m1/s1. The Morgan fingerprint density at radius 3 is 2.53 bits per heavy atom. The van der Waals surface area contributed by atoms with E-state index in [-0.39, 0.29) is 0 Å². The van der Waals surface area contributed by atoms with Gasteiger partial charge >= 0.3 is 0 Å². The predicted molar refractivity (Wildman–Crippen MR) is 64.8 cm³/mol. The summed E-state index contributed by atoms with van der Waals surface area (Å²) in [5, 5.41) is 0. The summed E-state index contributed by atoms with van der Waals surface area (Å²) in [6.45, 7) is 8.66. The van der Waals surface area contributed by atoms with Crippen molar-refractivity contribution in [3.63, 3.8) is 0 Å². The lowest BCUT2D eigenvalue weighted by atomic mass is 9.72. The quantitative estimate of drug-likeness (QED) is 0.637. The third-order valence-electron chi connectivity index (χ3n) is 3.53. The van der Waals surface area contributed by atoms with Gasteiger partial charge in [0, 0.05) is 6.42 Å². The fourth-order valence-corrected chi connectivity index (χ4v) is 2.24. The van der Waals surface area contributed by atoms with E-state index < -0.39 is 0 Å². The van der Waals surface area contributed by atoms with Crippen LogP contribution >= 0.6 is 0 Å². The number of Topliss-reactive ketones (excluding diaryl/α,β-unsaturated/α-hetero) is 1. The van der Waals surface area contributed by atoms with Gasteiger partial charge in [0.05, 0.1) is 0 Å². The fraction of sp³-hybridized carbons (Fsp3) is 0.786. The zero-order chi connectivity index (χ0) is 11.5. The number of hydrogen-bond acceptors (Lipinski definition) is 1. The summed E-state index contributed by atoms with van der Waals surface area (Å²) >= 11 is 0. The lowest BCUT2D eigenvalue weighted by Crippen LogP contribution is -2.22. The Bertz CT molecular complexity index is 255. The average molecular weight is 208 g/mol. The summed E-state index contributed by atoms with van der Waals surface area (Å²) in [5.74, 6) is 1.13. The fourth-order valence-electron chi connectivity index (χ4n) is 2.24. The summed E-state index contributed by atoms with van der Waals surface area (Å²) in [6, 6.07) is 0. The molecule has 0 aromatic heterocycles. The van der Waals surface area contributed by atoms with Gasteiger partial charge in [-0.05, 0) is 43.9 Å². The second-order valence-electron chi connectivity index (χ2n) is 5.90. The number of hydrogen-bond donors (Lipinski definition) is 0. The minimum absolute atomic E-state index is 0.314. The van der Waals surface area contributed by atoms with Gasteiger partial charge in [-0.3, -0.25) is 0 Å². The van der Waals surface area contributed by atoms with Crippen molar-refractivity contribution in [1.29, 1.82) is 0 Å².